The molecule has 0 unspecified atom stereocenters. The molecule has 0 aliphatic rings. The van der Waals surface area contributed by atoms with Gasteiger partial charge in [0, 0.05) is 0 Å². The quantitative estimate of drug-likeness (QED) is 0.779. The first-order valence-electron chi connectivity index (χ1n) is 4.84. The van der Waals surface area contributed by atoms with E-state index in [-0.39, 0.29) is 5.75 Å². The predicted octanol–water partition coefficient (Wildman–Crippen LogP) is 2.86. The molecule has 1 aromatic heterocycles. The van der Waals surface area contributed by atoms with E-state index in [9.17, 15) is 5.11 Å². The Kier molecular flexibility index (Phi) is 4.34. The number of hydrogen-bond acceptors (Lipinski definition) is 4. The molecule has 0 spiro atoms. The van der Waals surface area contributed by atoms with E-state index in [0.29, 0.717) is 11.5 Å². The van der Waals surface area contributed by atoms with E-state index in [1.807, 2.05) is 0 Å². The Bertz CT molecular complexity index is 385. The third-order valence-electron chi connectivity index (χ3n) is 1.49. The van der Waals surface area contributed by atoms with E-state index in [1.165, 1.54) is 12.8 Å². The molecule has 0 fully saturated rings. The minimum Gasteiger partial charge on any atom is -0.507 e. The van der Waals surface area contributed by atoms with Crippen molar-refractivity contribution in [3.05, 3.63) is 30.7 Å². The molecular formula is C11H14N2O2. The lowest BCUT2D eigenvalue weighted by Crippen LogP contribution is -1.77. The van der Waals surface area contributed by atoms with Gasteiger partial charge in [-0.15, -0.1) is 10.2 Å². The molecule has 15 heavy (non-hydrogen) atoms. The summed E-state index contributed by atoms with van der Waals surface area (Å²) in [6.45, 7) is 4.25. The van der Waals surface area contributed by atoms with Crippen molar-refractivity contribution in [2.45, 2.75) is 20.3 Å². The van der Waals surface area contributed by atoms with E-state index >= 15 is 0 Å². The number of para-hydroxylation sites is 1. The van der Waals surface area contributed by atoms with Gasteiger partial charge in [-0.2, -0.15) is 0 Å². The maximum atomic E-state index is 9.35. The molecule has 0 saturated carbocycles. The van der Waals surface area contributed by atoms with Gasteiger partial charge in [0.1, 0.15) is 5.75 Å². The number of rotatable bonds is 1. The fourth-order valence-electron chi connectivity index (χ4n) is 0.945. The van der Waals surface area contributed by atoms with Crippen LogP contribution in [0.3, 0.4) is 0 Å². The van der Waals surface area contributed by atoms with E-state index in [4.69, 9.17) is 4.42 Å². The van der Waals surface area contributed by atoms with Crippen LogP contribution < -0.4 is 0 Å². The second kappa shape index (κ2) is 5.80. The van der Waals surface area contributed by atoms with Crippen molar-refractivity contribution >= 4 is 0 Å². The molecule has 0 bridgehead atoms. The van der Waals surface area contributed by atoms with Crippen LogP contribution in [0.25, 0.3) is 11.5 Å². The second-order valence-electron chi connectivity index (χ2n) is 2.97. The van der Waals surface area contributed by atoms with Crippen molar-refractivity contribution in [1.82, 2.24) is 10.2 Å². The standard InChI is InChI=1S/C8H6N2O2.C3H8/c11-7-4-2-1-3-6(7)8-10-9-5-12-8;1-3-2/h1-5,11H;3H2,1-2H3. The average molecular weight is 206 g/mol. The highest BCUT2D eigenvalue weighted by atomic mass is 16.4. The van der Waals surface area contributed by atoms with Crippen molar-refractivity contribution < 1.29 is 9.52 Å². The molecular weight excluding hydrogens is 192 g/mol. The Hall–Kier alpha value is -1.84. The number of phenolic OH excluding ortho intramolecular Hbond substituents is 1. The summed E-state index contributed by atoms with van der Waals surface area (Å²) in [6, 6.07) is 6.80. The second-order valence-corrected chi connectivity index (χ2v) is 2.97. The zero-order valence-electron chi connectivity index (χ0n) is 8.84. The van der Waals surface area contributed by atoms with Gasteiger partial charge in [0.05, 0.1) is 5.56 Å². The Morgan fingerprint density at radius 1 is 1.27 bits per heavy atom. The minimum absolute atomic E-state index is 0.141. The molecule has 0 radical (unpaired) electrons. The largest absolute Gasteiger partial charge is 0.507 e. The van der Waals surface area contributed by atoms with Crippen molar-refractivity contribution in [3.8, 4) is 17.2 Å². The van der Waals surface area contributed by atoms with Crippen molar-refractivity contribution in [1.29, 1.82) is 0 Å². The molecule has 2 rings (SSSR count). The Morgan fingerprint density at radius 2 is 1.93 bits per heavy atom. The fourth-order valence-corrected chi connectivity index (χ4v) is 0.945. The van der Waals surface area contributed by atoms with Gasteiger partial charge in [-0.3, -0.25) is 0 Å². The first-order chi connectivity index (χ1) is 7.29. The topological polar surface area (TPSA) is 59.2 Å². The summed E-state index contributed by atoms with van der Waals surface area (Å²) in [7, 11) is 0. The molecule has 80 valence electrons. The van der Waals surface area contributed by atoms with Crippen molar-refractivity contribution in [3.63, 3.8) is 0 Å². The predicted molar refractivity (Wildman–Crippen MR) is 57.4 cm³/mol. The highest BCUT2D eigenvalue weighted by Crippen LogP contribution is 2.25. The number of aromatic hydroxyl groups is 1. The number of nitrogens with zero attached hydrogens (tertiary/aromatic N) is 2. The maximum absolute atomic E-state index is 9.35. The molecule has 1 N–H and O–H groups in total. The van der Waals surface area contributed by atoms with Gasteiger partial charge in [-0.1, -0.05) is 32.4 Å². The van der Waals surface area contributed by atoms with Crippen LogP contribution in [0.5, 0.6) is 5.75 Å². The Balaban J connectivity index is 0.000000337. The normalized spacial score (nSPS) is 9.20. The van der Waals surface area contributed by atoms with Crippen LogP contribution in [0.2, 0.25) is 0 Å². The maximum Gasteiger partial charge on any atom is 0.251 e. The lowest BCUT2D eigenvalue weighted by Gasteiger charge is -1.96. The summed E-state index contributed by atoms with van der Waals surface area (Å²) in [5, 5.41) is 16.5. The summed E-state index contributed by atoms with van der Waals surface area (Å²) >= 11 is 0. The molecule has 0 saturated heterocycles. The SMILES string of the molecule is CCC.Oc1ccccc1-c1nnco1. The number of hydrogen-bond donors (Lipinski definition) is 1. The van der Waals surface area contributed by atoms with E-state index < -0.39 is 0 Å². The van der Waals surface area contributed by atoms with Gasteiger partial charge in [0.2, 0.25) is 6.39 Å². The third-order valence-corrected chi connectivity index (χ3v) is 1.49. The average Bonchev–Trinajstić information content (AvgIpc) is 2.72. The van der Waals surface area contributed by atoms with Crippen LogP contribution in [0, 0.1) is 0 Å². The molecule has 2 aromatic rings. The zero-order chi connectivity index (χ0) is 11.1. The summed E-state index contributed by atoms with van der Waals surface area (Å²) in [6.07, 6.45) is 2.47. The Labute approximate surface area is 88.6 Å². The summed E-state index contributed by atoms with van der Waals surface area (Å²) in [5.41, 5.74) is 0.551. The van der Waals surface area contributed by atoms with Gasteiger partial charge in [0.15, 0.2) is 0 Å². The highest BCUT2D eigenvalue weighted by molar-refractivity contribution is 5.61. The van der Waals surface area contributed by atoms with Gasteiger partial charge in [-0.25, -0.2) is 0 Å². The number of benzene rings is 1. The van der Waals surface area contributed by atoms with Gasteiger partial charge in [0.25, 0.3) is 5.89 Å². The smallest absolute Gasteiger partial charge is 0.251 e. The van der Waals surface area contributed by atoms with Crippen LogP contribution in [-0.2, 0) is 0 Å². The molecule has 1 heterocycles. The monoisotopic (exact) mass is 206 g/mol. The van der Waals surface area contributed by atoms with Gasteiger partial charge in [-0.05, 0) is 12.1 Å². The van der Waals surface area contributed by atoms with E-state index in [0.717, 1.165) is 0 Å². The van der Waals surface area contributed by atoms with Crippen LogP contribution >= 0.6 is 0 Å². The number of phenols is 1. The first kappa shape index (κ1) is 11.2. The number of aromatic nitrogens is 2. The first-order valence-corrected chi connectivity index (χ1v) is 4.84. The summed E-state index contributed by atoms with van der Waals surface area (Å²) < 4.78 is 4.92. The van der Waals surface area contributed by atoms with E-state index in [1.54, 1.807) is 24.3 Å². The highest BCUT2D eigenvalue weighted by Gasteiger charge is 2.06. The summed E-state index contributed by atoms with van der Waals surface area (Å²) in [5.74, 6) is 0.467. The van der Waals surface area contributed by atoms with Crippen molar-refractivity contribution in [2.24, 2.45) is 0 Å². The molecule has 1 aromatic carbocycles. The summed E-state index contributed by atoms with van der Waals surface area (Å²) in [4.78, 5) is 0. The fraction of sp³-hybridized carbons (Fsp3) is 0.273. The van der Waals surface area contributed by atoms with Crippen molar-refractivity contribution in [2.75, 3.05) is 0 Å². The van der Waals surface area contributed by atoms with Crippen LogP contribution in [0.1, 0.15) is 20.3 Å². The van der Waals surface area contributed by atoms with E-state index in [2.05, 4.69) is 24.0 Å². The molecule has 4 nitrogen and oxygen atoms in total. The lowest BCUT2D eigenvalue weighted by atomic mass is 10.2. The zero-order valence-corrected chi connectivity index (χ0v) is 8.84. The minimum atomic E-state index is 0.141. The van der Waals surface area contributed by atoms with Crippen LogP contribution in [0.4, 0.5) is 0 Å². The molecule has 0 aliphatic carbocycles. The van der Waals surface area contributed by atoms with Crippen LogP contribution in [-0.4, -0.2) is 15.3 Å². The Morgan fingerprint density at radius 3 is 2.47 bits per heavy atom. The third kappa shape index (κ3) is 3.09. The molecule has 0 aliphatic heterocycles. The van der Waals surface area contributed by atoms with Gasteiger partial charge < -0.3 is 9.52 Å². The molecule has 0 amide bonds. The van der Waals surface area contributed by atoms with Gasteiger partial charge >= 0.3 is 0 Å². The molecule has 0 atom stereocenters. The van der Waals surface area contributed by atoms with Crippen LogP contribution in [0.15, 0.2) is 35.1 Å². The lowest BCUT2D eigenvalue weighted by molar-refractivity contribution is 0.473. The molecule has 4 heteroatoms.